The number of anilines is 1. The van der Waals surface area contributed by atoms with Crippen molar-refractivity contribution >= 4 is 17.3 Å². The van der Waals surface area contributed by atoms with Crippen molar-refractivity contribution in [1.29, 1.82) is 5.41 Å². The van der Waals surface area contributed by atoms with Gasteiger partial charge < -0.3 is 14.5 Å². The van der Waals surface area contributed by atoms with Crippen molar-refractivity contribution in [2.45, 2.75) is 86.6 Å². The van der Waals surface area contributed by atoms with Crippen LogP contribution in [0.3, 0.4) is 0 Å². The number of carbonyl (C=O) groups is 1. The van der Waals surface area contributed by atoms with Crippen LogP contribution in [0.15, 0.2) is 66.7 Å². The molecular weight excluding hydrogens is 573 g/mol. The quantitative estimate of drug-likeness (QED) is 0.240. The lowest BCUT2D eigenvalue weighted by Gasteiger charge is -2.42. The largest absolute Gasteiger partial charge is 0.381 e. The van der Waals surface area contributed by atoms with E-state index in [9.17, 15) is 9.18 Å². The highest BCUT2D eigenvalue weighted by molar-refractivity contribution is 6.12. The van der Waals surface area contributed by atoms with Crippen molar-refractivity contribution in [2.24, 2.45) is 11.8 Å². The molecule has 6 heteroatoms. The summed E-state index contributed by atoms with van der Waals surface area (Å²) in [5.74, 6) is 0.924. The van der Waals surface area contributed by atoms with E-state index in [4.69, 9.17) is 10.1 Å². The summed E-state index contributed by atoms with van der Waals surface area (Å²) in [7, 11) is 0. The zero-order chi connectivity index (χ0) is 33.6. The van der Waals surface area contributed by atoms with Gasteiger partial charge in [-0.25, -0.2) is 4.39 Å². The Bertz CT molecular complexity index is 1390. The van der Waals surface area contributed by atoms with Gasteiger partial charge in [-0.3, -0.25) is 10.2 Å². The molecule has 0 saturated carbocycles. The van der Waals surface area contributed by atoms with Crippen LogP contribution in [0.1, 0.15) is 99.3 Å². The van der Waals surface area contributed by atoms with Gasteiger partial charge in [0.25, 0.3) is 5.91 Å². The maximum atomic E-state index is 13.7. The lowest BCUT2D eigenvalue weighted by molar-refractivity contribution is 0.0634. The number of ether oxygens (including phenoxy) is 1. The van der Waals surface area contributed by atoms with Crippen LogP contribution < -0.4 is 4.90 Å². The van der Waals surface area contributed by atoms with Gasteiger partial charge in [-0.2, -0.15) is 0 Å². The van der Waals surface area contributed by atoms with Crippen LogP contribution in [0, 0.1) is 36.9 Å². The molecule has 0 spiro atoms. The number of amides is 1. The molecule has 2 aliphatic heterocycles. The maximum Gasteiger partial charge on any atom is 0.253 e. The number of benzene rings is 3. The molecule has 3 aromatic carbocycles. The van der Waals surface area contributed by atoms with Gasteiger partial charge in [-0.15, -0.1) is 0 Å². The molecule has 0 aliphatic carbocycles. The lowest BCUT2D eigenvalue weighted by atomic mass is 9.87. The first-order chi connectivity index (χ1) is 22.3. The molecule has 2 aliphatic rings. The number of nitrogens with one attached hydrogen (secondary N) is 1. The zero-order valence-electron chi connectivity index (χ0n) is 29.2. The second-order valence-corrected chi connectivity index (χ2v) is 12.1. The third-order valence-corrected chi connectivity index (χ3v) is 9.40. The number of rotatable bonds is 9. The van der Waals surface area contributed by atoms with E-state index in [1.807, 2.05) is 57.7 Å². The molecule has 1 N–H and O–H groups in total. The Hall–Kier alpha value is -3.51. The van der Waals surface area contributed by atoms with Crippen molar-refractivity contribution in [3.05, 3.63) is 100 Å². The average Bonchev–Trinajstić information content (AvgIpc) is 3.10. The number of aryl methyl sites for hydroxylation is 2. The van der Waals surface area contributed by atoms with Gasteiger partial charge in [0.1, 0.15) is 5.82 Å². The Morgan fingerprint density at radius 2 is 1.57 bits per heavy atom. The first-order valence-corrected chi connectivity index (χ1v) is 17.5. The van der Waals surface area contributed by atoms with E-state index in [-0.39, 0.29) is 17.4 Å². The van der Waals surface area contributed by atoms with Crippen molar-refractivity contribution in [3.63, 3.8) is 0 Å². The van der Waals surface area contributed by atoms with Gasteiger partial charge in [0.15, 0.2) is 0 Å². The summed E-state index contributed by atoms with van der Waals surface area (Å²) < 4.78 is 19.3. The molecule has 1 amide bonds. The monoisotopic (exact) mass is 629 g/mol. The highest BCUT2D eigenvalue weighted by Crippen LogP contribution is 2.32. The summed E-state index contributed by atoms with van der Waals surface area (Å²) in [6, 6.07) is 20.7. The molecule has 0 radical (unpaired) electrons. The van der Waals surface area contributed by atoms with Crippen LogP contribution in [0.2, 0.25) is 0 Å². The number of para-hydroxylation sites is 1. The van der Waals surface area contributed by atoms with E-state index in [1.54, 1.807) is 12.1 Å². The predicted octanol–water partition coefficient (Wildman–Crippen LogP) is 9.48. The van der Waals surface area contributed by atoms with Gasteiger partial charge in [-0.1, -0.05) is 64.1 Å². The number of nitrogens with zero attached hydrogens (tertiary/aromatic N) is 2. The topological polar surface area (TPSA) is 56.6 Å². The van der Waals surface area contributed by atoms with E-state index in [2.05, 4.69) is 43.0 Å². The minimum Gasteiger partial charge on any atom is -0.381 e. The van der Waals surface area contributed by atoms with Crippen molar-refractivity contribution < 1.29 is 13.9 Å². The van der Waals surface area contributed by atoms with E-state index < -0.39 is 0 Å². The summed E-state index contributed by atoms with van der Waals surface area (Å²) >= 11 is 0. The summed E-state index contributed by atoms with van der Waals surface area (Å²) in [6.07, 6.45) is 5.46. The Kier molecular flexibility index (Phi) is 14.9. The fourth-order valence-corrected chi connectivity index (χ4v) is 6.68. The van der Waals surface area contributed by atoms with Crippen LogP contribution in [0.25, 0.3) is 0 Å². The standard InChI is InChI=1S/C36H44FN3O2.2C2H6/c1-25-7-4-5-10-34(25)40(20-13-28-16-21-42-22-17-28)27(3)29-14-18-39(19-15-29)36(41)31-11-12-33(26(2)23-31)35(38)30-8-6-9-32(37)24-30;2*1-2/h4-12,23-24,27-29,38H,13-22H2,1-3H3;2*1-2H3. The van der Waals surface area contributed by atoms with Crippen LogP contribution in [0.4, 0.5) is 10.1 Å². The number of carbonyl (C=O) groups excluding carboxylic acids is 1. The van der Waals surface area contributed by atoms with Crippen LogP contribution in [-0.4, -0.2) is 55.4 Å². The summed E-state index contributed by atoms with van der Waals surface area (Å²) in [6.45, 7) is 18.8. The predicted molar refractivity (Wildman–Crippen MR) is 191 cm³/mol. The molecule has 5 rings (SSSR count). The Morgan fingerprint density at radius 3 is 2.20 bits per heavy atom. The van der Waals surface area contributed by atoms with E-state index in [1.165, 1.54) is 29.8 Å². The molecule has 2 heterocycles. The highest BCUT2D eigenvalue weighted by Gasteiger charge is 2.31. The zero-order valence-corrected chi connectivity index (χ0v) is 29.2. The third kappa shape index (κ3) is 9.51. The van der Waals surface area contributed by atoms with Crippen LogP contribution in [0.5, 0.6) is 0 Å². The van der Waals surface area contributed by atoms with E-state index >= 15 is 0 Å². The maximum absolute atomic E-state index is 13.7. The summed E-state index contributed by atoms with van der Waals surface area (Å²) in [5.41, 5.74) is 5.63. The molecule has 0 aromatic heterocycles. The Morgan fingerprint density at radius 1 is 0.891 bits per heavy atom. The normalized spacial score (nSPS) is 16.0. The Balaban J connectivity index is 0.00000139. The Labute approximate surface area is 277 Å². The SMILES string of the molecule is CC.CC.Cc1cc(C(=O)N2CCC(C(C)N(CCC3CCOCC3)c3ccccc3C)CC2)ccc1C(=N)c1cccc(F)c1. The third-order valence-electron chi connectivity index (χ3n) is 9.40. The summed E-state index contributed by atoms with van der Waals surface area (Å²) in [5, 5.41) is 8.57. The average molecular weight is 630 g/mol. The minimum atomic E-state index is -0.360. The molecular formula is C40H56FN3O2. The second kappa shape index (κ2) is 18.6. The van der Waals surface area contributed by atoms with Crippen LogP contribution in [-0.2, 0) is 4.74 Å². The van der Waals surface area contributed by atoms with E-state index in [0.29, 0.717) is 28.7 Å². The molecule has 0 bridgehead atoms. The molecule has 1 atom stereocenters. The highest BCUT2D eigenvalue weighted by atomic mass is 19.1. The smallest absolute Gasteiger partial charge is 0.253 e. The van der Waals surface area contributed by atoms with Gasteiger partial charge >= 0.3 is 0 Å². The minimum absolute atomic E-state index is 0.0447. The lowest BCUT2D eigenvalue weighted by Crippen LogP contribution is -2.46. The van der Waals surface area contributed by atoms with Crippen molar-refractivity contribution in [2.75, 3.05) is 37.7 Å². The molecule has 3 aromatic rings. The summed E-state index contributed by atoms with van der Waals surface area (Å²) in [4.78, 5) is 18.1. The van der Waals surface area contributed by atoms with Gasteiger partial charge in [-0.05, 0) is 106 Å². The fourth-order valence-electron chi connectivity index (χ4n) is 6.68. The number of halogens is 1. The molecule has 5 nitrogen and oxygen atoms in total. The molecule has 46 heavy (non-hydrogen) atoms. The number of hydrogen-bond donors (Lipinski definition) is 1. The first kappa shape index (κ1) is 37.0. The molecule has 250 valence electrons. The molecule has 1 unspecified atom stereocenters. The second-order valence-electron chi connectivity index (χ2n) is 12.1. The van der Waals surface area contributed by atoms with Crippen LogP contribution >= 0.6 is 0 Å². The van der Waals surface area contributed by atoms with Gasteiger partial charge in [0.2, 0.25) is 0 Å². The number of piperidine rings is 1. The molecule has 2 saturated heterocycles. The van der Waals surface area contributed by atoms with E-state index in [0.717, 1.165) is 70.0 Å². The molecule has 2 fully saturated rings. The van der Waals surface area contributed by atoms with Gasteiger partial charge in [0, 0.05) is 61.3 Å². The number of hydrogen-bond acceptors (Lipinski definition) is 4. The van der Waals surface area contributed by atoms with Crippen molar-refractivity contribution in [3.8, 4) is 0 Å². The van der Waals surface area contributed by atoms with Gasteiger partial charge in [0.05, 0.1) is 5.71 Å². The first-order valence-electron chi connectivity index (χ1n) is 17.5. The number of likely N-dealkylation sites (tertiary alicyclic amines) is 1. The fraction of sp³-hybridized carbons (Fsp3) is 0.500. The van der Waals surface area contributed by atoms with Crippen molar-refractivity contribution in [1.82, 2.24) is 4.90 Å².